The van der Waals surface area contributed by atoms with Crippen molar-refractivity contribution in [1.29, 1.82) is 0 Å². The second-order valence-corrected chi connectivity index (χ2v) is 14.2. The van der Waals surface area contributed by atoms with Crippen molar-refractivity contribution in [3.63, 3.8) is 0 Å². The lowest BCUT2D eigenvalue weighted by atomic mass is 9.86. The molecule has 11 nitrogen and oxygen atoms in total. The van der Waals surface area contributed by atoms with Crippen LogP contribution in [-0.4, -0.2) is 37.2 Å². The Hall–Kier alpha value is -4.03. The summed E-state index contributed by atoms with van der Waals surface area (Å²) in [4.78, 5) is 18.2. The number of ether oxygens (including phenoxy) is 1. The zero-order chi connectivity index (χ0) is 30.6. The summed E-state index contributed by atoms with van der Waals surface area (Å²) >= 11 is 0. The number of hydrogen-bond donors (Lipinski definition) is 4. The first-order valence-corrected chi connectivity index (χ1v) is 15.7. The normalized spacial score (nSPS) is 16.1. The first-order valence-electron chi connectivity index (χ1n) is 13.8. The molecule has 1 aliphatic carbocycles. The minimum atomic E-state index is -3.59. The molecule has 0 bridgehead atoms. The summed E-state index contributed by atoms with van der Waals surface area (Å²) in [5, 5.41) is 4.77. The number of carbonyl (C=O) groups is 1. The number of rotatable bonds is 8. The van der Waals surface area contributed by atoms with Crippen molar-refractivity contribution in [2.24, 2.45) is 7.05 Å². The number of amides is 1. The molecule has 5 rings (SSSR count). The molecular weight excluding hydrogens is 554 g/mol. The van der Waals surface area contributed by atoms with Crippen LogP contribution in [0, 0.1) is 6.92 Å². The van der Waals surface area contributed by atoms with Crippen molar-refractivity contribution in [2.75, 3.05) is 28.4 Å². The van der Waals surface area contributed by atoms with E-state index in [0.717, 1.165) is 53.1 Å². The van der Waals surface area contributed by atoms with Crippen molar-refractivity contribution < 1.29 is 17.9 Å². The van der Waals surface area contributed by atoms with Gasteiger partial charge in [0, 0.05) is 18.0 Å². The zero-order valence-electron chi connectivity index (χ0n) is 25.3. The topological polar surface area (TPSA) is 130 Å². The van der Waals surface area contributed by atoms with E-state index < -0.39 is 10.0 Å². The van der Waals surface area contributed by atoms with Crippen LogP contribution in [0.1, 0.15) is 73.5 Å². The maximum atomic E-state index is 13.6. The van der Waals surface area contributed by atoms with Crippen LogP contribution in [0.2, 0.25) is 0 Å². The molecule has 3 aromatic rings. The molecule has 2 heterocycles. The molecule has 1 aromatic heterocycles. The summed E-state index contributed by atoms with van der Waals surface area (Å²) in [5.41, 5.74) is 11.7. The van der Waals surface area contributed by atoms with Gasteiger partial charge in [0.15, 0.2) is 5.75 Å². The van der Waals surface area contributed by atoms with Crippen LogP contribution in [0.3, 0.4) is 0 Å². The van der Waals surface area contributed by atoms with Gasteiger partial charge in [-0.15, -0.1) is 5.53 Å². The van der Waals surface area contributed by atoms with E-state index in [0.29, 0.717) is 11.3 Å². The molecule has 1 saturated carbocycles. The molecule has 1 aliphatic heterocycles. The van der Waals surface area contributed by atoms with Crippen LogP contribution in [0.4, 0.5) is 17.1 Å². The van der Waals surface area contributed by atoms with Crippen molar-refractivity contribution in [3.05, 3.63) is 70.9 Å². The van der Waals surface area contributed by atoms with E-state index in [1.807, 2.05) is 64.3 Å². The molecule has 0 unspecified atom stereocenters. The number of methoxy groups -OCH3 is 1. The number of imidazole rings is 1. The highest BCUT2D eigenvalue weighted by Gasteiger charge is 2.43. The summed E-state index contributed by atoms with van der Waals surface area (Å²) in [6.07, 6.45) is 7.18. The Morgan fingerprint density at radius 2 is 1.83 bits per heavy atom. The van der Waals surface area contributed by atoms with Crippen LogP contribution in [0.25, 0.3) is 5.70 Å². The van der Waals surface area contributed by atoms with E-state index in [2.05, 4.69) is 37.5 Å². The average molecular weight is 594 g/mol. The summed E-state index contributed by atoms with van der Waals surface area (Å²) in [7, 11) is -0.126. The Balaban J connectivity index is 1.44. The quantitative estimate of drug-likeness (QED) is 0.300. The third kappa shape index (κ3) is 5.82. The fourth-order valence-electron chi connectivity index (χ4n) is 5.06. The molecule has 0 spiro atoms. The van der Waals surface area contributed by atoms with Gasteiger partial charge in [-0.25, -0.2) is 13.4 Å². The lowest BCUT2D eigenvalue weighted by molar-refractivity contribution is 0.102. The highest BCUT2D eigenvalue weighted by Crippen LogP contribution is 2.47. The largest absolute Gasteiger partial charge is 0.492 e. The average Bonchev–Trinajstić information content (AvgIpc) is 3.27. The van der Waals surface area contributed by atoms with Gasteiger partial charge in [0.25, 0.3) is 5.91 Å². The van der Waals surface area contributed by atoms with E-state index in [1.165, 1.54) is 7.11 Å². The molecule has 42 heavy (non-hydrogen) atoms. The number of sulfonamides is 1. The number of aromatic nitrogens is 2. The molecular formula is C30H39N7O4S. The van der Waals surface area contributed by atoms with Gasteiger partial charge in [-0.2, -0.15) is 0 Å². The van der Waals surface area contributed by atoms with E-state index in [9.17, 15) is 13.2 Å². The van der Waals surface area contributed by atoms with Gasteiger partial charge in [0.2, 0.25) is 10.0 Å². The van der Waals surface area contributed by atoms with E-state index >= 15 is 0 Å². The summed E-state index contributed by atoms with van der Waals surface area (Å²) in [5.74, 6) is 0.938. The zero-order valence-corrected chi connectivity index (χ0v) is 26.2. The molecule has 2 aliphatic rings. The maximum absolute atomic E-state index is 13.6. The van der Waals surface area contributed by atoms with Crippen LogP contribution >= 0.6 is 0 Å². The lowest BCUT2D eigenvalue weighted by Gasteiger charge is -2.24. The van der Waals surface area contributed by atoms with Gasteiger partial charge in [-0.3, -0.25) is 20.0 Å². The second kappa shape index (κ2) is 10.4. The number of carbonyl (C=O) groups excluding carboxylic acids is 1. The van der Waals surface area contributed by atoms with Crippen LogP contribution in [-0.2, 0) is 27.9 Å². The smallest absolute Gasteiger partial charge is 0.255 e. The molecule has 2 aromatic carbocycles. The lowest BCUT2D eigenvalue weighted by Crippen LogP contribution is -2.36. The number of nitrogens with zero attached hydrogens (tertiary/aromatic N) is 3. The summed E-state index contributed by atoms with van der Waals surface area (Å²) in [6, 6.07) is 8.97. The summed E-state index contributed by atoms with van der Waals surface area (Å²) in [6.45, 7) is 10.2. The predicted octanol–water partition coefficient (Wildman–Crippen LogP) is 4.54. The highest BCUT2D eigenvalue weighted by atomic mass is 32.2. The van der Waals surface area contributed by atoms with E-state index in [4.69, 9.17) is 4.74 Å². The van der Waals surface area contributed by atoms with Gasteiger partial charge in [0.1, 0.15) is 5.82 Å². The molecule has 0 atom stereocenters. The molecule has 4 N–H and O–H groups in total. The minimum absolute atomic E-state index is 0.147. The molecule has 1 fully saturated rings. The Kier molecular flexibility index (Phi) is 7.26. The van der Waals surface area contributed by atoms with Gasteiger partial charge in [0.05, 0.1) is 54.2 Å². The van der Waals surface area contributed by atoms with Crippen molar-refractivity contribution in [1.82, 2.24) is 20.5 Å². The summed E-state index contributed by atoms with van der Waals surface area (Å²) < 4.78 is 34.4. The number of benzene rings is 2. The van der Waals surface area contributed by atoms with Crippen LogP contribution < -0.4 is 30.7 Å². The highest BCUT2D eigenvalue weighted by molar-refractivity contribution is 7.92. The molecule has 0 saturated heterocycles. The number of aryl methyl sites for hydroxylation is 1. The second-order valence-electron chi connectivity index (χ2n) is 12.4. The van der Waals surface area contributed by atoms with E-state index in [-0.39, 0.29) is 28.2 Å². The minimum Gasteiger partial charge on any atom is -0.492 e. The van der Waals surface area contributed by atoms with E-state index in [1.54, 1.807) is 18.2 Å². The van der Waals surface area contributed by atoms with Gasteiger partial charge in [-0.1, -0.05) is 33.8 Å². The number of hydrazine groups is 2. The fourth-order valence-corrected chi connectivity index (χ4v) is 5.61. The third-order valence-corrected chi connectivity index (χ3v) is 8.40. The SMILES string of the molecule is COc1c(NC(=O)c2ccc(C)c(N3C=C(c4cnc(C5(C)CC5)n4C)NN3)c2)cc(C(C)(C)C)cc1NS(C)(=O)=O. The van der Waals surface area contributed by atoms with Crippen molar-refractivity contribution in [2.45, 2.75) is 58.3 Å². The monoisotopic (exact) mass is 593 g/mol. The van der Waals surface area contributed by atoms with Gasteiger partial charge >= 0.3 is 0 Å². The Labute approximate surface area is 247 Å². The van der Waals surface area contributed by atoms with Crippen molar-refractivity contribution in [3.8, 4) is 5.75 Å². The molecule has 12 heteroatoms. The standard InChI is InChI=1S/C30H39N7O4S/c1-18-9-10-19(13-24(18)37-17-23(33-35-37)25-16-31-28(36(25)6)30(5)11-12-30)27(38)32-21-14-20(29(2,3)4)15-22(26(21)41-7)34-42(8,39)40/h9-10,13-17,33-35H,11-12H2,1-8H3,(H,32,38). The molecule has 0 radical (unpaired) electrons. The van der Waals surface area contributed by atoms with Crippen LogP contribution in [0.15, 0.2) is 42.7 Å². The number of hydrogen-bond acceptors (Lipinski definition) is 8. The predicted molar refractivity (Wildman–Crippen MR) is 166 cm³/mol. The van der Waals surface area contributed by atoms with Gasteiger partial charge < -0.3 is 14.6 Å². The number of nitrogens with one attached hydrogen (secondary N) is 4. The van der Waals surface area contributed by atoms with Crippen molar-refractivity contribution >= 4 is 38.7 Å². The molecule has 224 valence electrons. The maximum Gasteiger partial charge on any atom is 0.255 e. The Bertz CT molecular complexity index is 1700. The molecule has 1 amide bonds. The van der Waals surface area contributed by atoms with Crippen LogP contribution in [0.5, 0.6) is 5.75 Å². The first-order chi connectivity index (χ1) is 19.6. The fraction of sp³-hybridized carbons (Fsp3) is 0.400. The first kappa shape index (κ1) is 29.5. The van der Waals surface area contributed by atoms with Gasteiger partial charge in [-0.05, 0) is 60.6 Å². The Morgan fingerprint density at radius 3 is 2.45 bits per heavy atom. The third-order valence-electron chi connectivity index (χ3n) is 7.81. The Morgan fingerprint density at radius 1 is 1.14 bits per heavy atom. The number of anilines is 3.